The lowest BCUT2D eigenvalue weighted by Gasteiger charge is -2.14. The highest BCUT2D eigenvalue weighted by atomic mass is 19.0. The maximum Gasteiger partial charge on any atom is 0.0540 e. The third-order valence-corrected chi connectivity index (χ3v) is 1.57. The van der Waals surface area contributed by atoms with Crippen molar-refractivity contribution in [1.29, 1.82) is 0 Å². The molecule has 8 heavy (non-hydrogen) atoms. The molecule has 2 heteroatoms. The molecule has 0 aliphatic heterocycles. The van der Waals surface area contributed by atoms with E-state index >= 15 is 0 Å². The fraction of sp³-hybridized carbons (Fsp3) is 1.00. The lowest BCUT2D eigenvalue weighted by molar-refractivity contribution is 0.130. The number of rotatable bonds is 0. The molecule has 0 radical (unpaired) electrons. The van der Waals surface area contributed by atoms with Gasteiger partial charge in [-0.05, 0) is 12.8 Å². The first-order chi connectivity index (χ1) is 3.39. The highest BCUT2D eigenvalue weighted by molar-refractivity contribution is 4.61. The van der Waals surface area contributed by atoms with Gasteiger partial charge < -0.3 is 5.11 Å². The smallest absolute Gasteiger partial charge is 0.0540 e. The molecular formula is C6H13FO. The fourth-order valence-corrected chi connectivity index (χ4v) is 1.08. The van der Waals surface area contributed by atoms with Gasteiger partial charge in [0.05, 0.1) is 6.10 Å². The number of aliphatic hydroxyl groups is 1. The monoisotopic (exact) mass is 120 g/mol. The maximum absolute atomic E-state index is 8.91. The number of hydrogen-bond donors (Lipinski definition) is 1. The van der Waals surface area contributed by atoms with E-state index in [4.69, 9.17) is 5.11 Å². The van der Waals surface area contributed by atoms with Crippen molar-refractivity contribution in [1.82, 2.24) is 0 Å². The molecule has 0 aromatic carbocycles. The molecule has 0 amide bonds. The van der Waals surface area contributed by atoms with E-state index in [1.807, 2.05) is 0 Å². The van der Waals surface area contributed by atoms with Crippen LogP contribution in [0.25, 0.3) is 0 Å². The summed E-state index contributed by atoms with van der Waals surface area (Å²) >= 11 is 0. The van der Waals surface area contributed by atoms with Gasteiger partial charge in [0.25, 0.3) is 0 Å². The van der Waals surface area contributed by atoms with Gasteiger partial charge in [0, 0.05) is 0 Å². The molecule has 0 bridgehead atoms. The molecule has 1 fully saturated rings. The summed E-state index contributed by atoms with van der Waals surface area (Å²) in [6.07, 6.45) is 5.92. The van der Waals surface area contributed by atoms with Gasteiger partial charge in [-0.2, -0.15) is 0 Å². The largest absolute Gasteiger partial charge is 0.393 e. The predicted molar refractivity (Wildman–Crippen MR) is 31.6 cm³/mol. The molecule has 1 nitrogen and oxygen atoms in total. The van der Waals surface area contributed by atoms with Crippen molar-refractivity contribution in [2.75, 3.05) is 0 Å². The topological polar surface area (TPSA) is 20.2 Å². The van der Waals surface area contributed by atoms with Crippen LogP contribution in [-0.4, -0.2) is 11.2 Å². The Labute approximate surface area is 49.1 Å². The SMILES string of the molecule is F.OC1CCCCC1. The van der Waals surface area contributed by atoms with Crippen molar-refractivity contribution in [2.24, 2.45) is 0 Å². The molecule has 1 N–H and O–H groups in total. The summed E-state index contributed by atoms with van der Waals surface area (Å²) in [4.78, 5) is 0. The molecule has 0 atom stereocenters. The Kier molecular flexibility index (Phi) is 3.79. The van der Waals surface area contributed by atoms with E-state index < -0.39 is 0 Å². The van der Waals surface area contributed by atoms with Crippen molar-refractivity contribution >= 4 is 0 Å². The van der Waals surface area contributed by atoms with E-state index in [2.05, 4.69) is 0 Å². The summed E-state index contributed by atoms with van der Waals surface area (Å²) in [5.41, 5.74) is 0. The molecule has 0 unspecified atom stereocenters. The van der Waals surface area contributed by atoms with E-state index in [0.29, 0.717) is 0 Å². The van der Waals surface area contributed by atoms with E-state index in [0.717, 1.165) is 12.8 Å². The van der Waals surface area contributed by atoms with E-state index in [-0.39, 0.29) is 10.8 Å². The van der Waals surface area contributed by atoms with Crippen molar-refractivity contribution in [2.45, 2.75) is 38.2 Å². The van der Waals surface area contributed by atoms with E-state index in [9.17, 15) is 0 Å². The molecule has 1 aliphatic carbocycles. The second-order valence-corrected chi connectivity index (χ2v) is 2.29. The highest BCUT2D eigenvalue weighted by Gasteiger charge is 2.07. The molecular weight excluding hydrogens is 107 g/mol. The standard InChI is InChI=1S/C6H12O.FH/c7-6-4-2-1-3-5-6;/h6-7H,1-5H2;1H. The third-order valence-electron chi connectivity index (χ3n) is 1.57. The van der Waals surface area contributed by atoms with Gasteiger partial charge in [-0.1, -0.05) is 19.3 Å². The Balaban J connectivity index is 0.000000490. The normalized spacial score (nSPS) is 22.1. The first-order valence-corrected chi connectivity index (χ1v) is 3.07. The third kappa shape index (κ3) is 2.26. The maximum atomic E-state index is 8.91. The van der Waals surface area contributed by atoms with Crippen LogP contribution in [0.5, 0.6) is 0 Å². The summed E-state index contributed by atoms with van der Waals surface area (Å²) in [5, 5.41) is 8.91. The van der Waals surface area contributed by atoms with Gasteiger partial charge in [0.15, 0.2) is 0 Å². The molecule has 50 valence electrons. The zero-order valence-electron chi connectivity index (χ0n) is 4.97. The van der Waals surface area contributed by atoms with Gasteiger partial charge in [-0.3, -0.25) is 4.70 Å². The van der Waals surface area contributed by atoms with Crippen LogP contribution in [0.15, 0.2) is 0 Å². The second kappa shape index (κ2) is 3.84. The Morgan fingerprint density at radius 2 is 1.50 bits per heavy atom. The first kappa shape index (κ1) is 7.89. The van der Waals surface area contributed by atoms with Crippen LogP contribution >= 0.6 is 0 Å². The molecule has 0 heterocycles. The zero-order chi connectivity index (χ0) is 5.11. The van der Waals surface area contributed by atoms with Crippen molar-refractivity contribution in [3.8, 4) is 0 Å². The lowest BCUT2D eigenvalue weighted by Crippen LogP contribution is -2.09. The van der Waals surface area contributed by atoms with Crippen LogP contribution < -0.4 is 0 Å². The summed E-state index contributed by atoms with van der Waals surface area (Å²) < 4.78 is 0. The minimum Gasteiger partial charge on any atom is -0.393 e. The highest BCUT2D eigenvalue weighted by Crippen LogP contribution is 2.16. The van der Waals surface area contributed by atoms with Gasteiger partial charge in [0.1, 0.15) is 0 Å². The number of hydrogen-bond acceptors (Lipinski definition) is 1. The van der Waals surface area contributed by atoms with E-state index in [1.54, 1.807) is 0 Å². The Morgan fingerprint density at radius 1 is 1.00 bits per heavy atom. The van der Waals surface area contributed by atoms with Gasteiger partial charge in [-0.15, -0.1) is 0 Å². The second-order valence-electron chi connectivity index (χ2n) is 2.29. The molecule has 0 saturated heterocycles. The van der Waals surface area contributed by atoms with Crippen molar-refractivity contribution in [3.05, 3.63) is 0 Å². The molecule has 1 rings (SSSR count). The van der Waals surface area contributed by atoms with Crippen molar-refractivity contribution in [3.63, 3.8) is 0 Å². The minimum absolute atomic E-state index is 0. The average molecular weight is 120 g/mol. The minimum atomic E-state index is 0. The average Bonchev–Trinajstić information content (AvgIpc) is 1.69. The predicted octanol–water partition coefficient (Wildman–Crippen LogP) is 1.46. The molecule has 1 aliphatic rings. The quantitative estimate of drug-likeness (QED) is 0.513. The first-order valence-electron chi connectivity index (χ1n) is 3.07. The summed E-state index contributed by atoms with van der Waals surface area (Å²) in [6.45, 7) is 0. The molecule has 0 spiro atoms. The van der Waals surface area contributed by atoms with E-state index in [1.165, 1.54) is 19.3 Å². The zero-order valence-corrected chi connectivity index (χ0v) is 4.97. The molecule has 0 aromatic rings. The van der Waals surface area contributed by atoms with Crippen LogP contribution in [0.3, 0.4) is 0 Å². The van der Waals surface area contributed by atoms with Crippen LogP contribution in [0.1, 0.15) is 32.1 Å². The van der Waals surface area contributed by atoms with Crippen LogP contribution in [0.2, 0.25) is 0 Å². The lowest BCUT2D eigenvalue weighted by atomic mass is 9.98. The summed E-state index contributed by atoms with van der Waals surface area (Å²) in [7, 11) is 0. The van der Waals surface area contributed by atoms with Crippen LogP contribution in [-0.2, 0) is 0 Å². The Hall–Kier alpha value is -0.110. The fourth-order valence-electron chi connectivity index (χ4n) is 1.08. The Bertz CT molecular complexity index is 50.5. The number of aliphatic hydroxyl groups excluding tert-OH is 1. The van der Waals surface area contributed by atoms with Gasteiger partial charge in [-0.25, -0.2) is 0 Å². The molecule has 1 saturated carbocycles. The summed E-state index contributed by atoms with van der Waals surface area (Å²) in [5.74, 6) is 0. The van der Waals surface area contributed by atoms with Crippen molar-refractivity contribution < 1.29 is 9.81 Å². The van der Waals surface area contributed by atoms with Crippen LogP contribution in [0.4, 0.5) is 4.70 Å². The van der Waals surface area contributed by atoms with Gasteiger partial charge >= 0.3 is 0 Å². The van der Waals surface area contributed by atoms with Crippen LogP contribution in [0, 0.1) is 0 Å². The number of halogens is 1. The Morgan fingerprint density at radius 3 is 1.75 bits per heavy atom. The molecule has 0 aromatic heterocycles. The van der Waals surface area contributed by atoms with Gasteiger partial charge in [0.2, 0.25) is 0 Å². The summed E-state index contributed by atoms with van der Waals surface area (Å²) in [6, 6.07) is 0.